The number of unbranched alkanes of at least 4 members (excludes halogenated alkanes) is 15. The molecule has 0 radical (unpaired) electrons. The minimum atomic E-state index is -4.69. The van der Waals surface area contributed by atoms with E-state index in [-0.39, 0.29) is 19.8 Å². The maximum absolute atomic E-state index is 11.6. The summed E-state index contributed by atoms with van der Waals surface area (Å²) in [5.74, 6) is 0. The standard InChI is InChI=1S/C25H51O7P/c1-4-6-7-8-9-10-11-12-13-14-15-16-17-18-19-20-21-30-22-24(29-3)23-32-33(27,28)25(26)31-5-2/h24H,4-23H2,1-3H3,(H,27,28)/p-1/t24-/m0/s1. The fourth-order valence-electron chi connectivity index (χ4n) is 3.59. The van der Waals surface area contributed by atoms with Gasteiger partial charge in [0.1, 0.15) is 6.10 Å². The average Bonchev–Trinajstić information content (AvgIpc) is 2.80. The first kappa shape index (κ1) is 32.5. The van der Waals surface area contributed by atoms with Gasteiger partial charge in [-0.05, 0) is 13.3 Å². The van der Waals surface area contributed by atoms with Crippen LogP contribution in [0, 0.1) is 0 Å². The Kier molecular flexibility index (Phi) is 23.0. The summed E-state index contributed by atoms with van der Waals surface area (Å²) in [4.78, 5) is 22.9. The van der Waals surface area contributed by atoms with Gasteiger partial charge in [-0.2, -0.15) is 0 Å². The molecule has 0 saturated carbocycles. The number of ether oxygens (including phenoxy) is 3. The van der Waals surface area contributed by atoms with Crippen molar-refractivity contribution in [2.75, 3.05) is 33.5 Å². The maximum atomic E-state index is 11.6. The first-order chi connectivity index (χ1) is 16.0. The Morgan fingerprint density at radius 2 is 1.21 bits per heavy atom. The van der Waals surface area contributed by atoms with Gasteiger partial charge in [0.05, 0.1) is 19.8 Å². The summed E-state index contributed by atoms with van der Waals surface area (Å²) in [6.45, 7) is 4.33. The van der Waals surface area contributed by atoms with Crippen LogP contribution in [0.15, 0.2) is 0 Å². The van der Waals surface area contributed by atoms with Crippen LogP contribution >= 0.6 is 7.60 Å². The summed E-state index contributed by atoms with van der Waals surface area (Å²) >= 11 is 0. The molecular formula is C25H50O7P-. The van der Waals surface area contributed by atoms with Gasteiger partial charge in [-0.3, -0.25) is 4.57 Å². The molecule has 0 saturated heterocycles. The third kappa shape index (κ3) is 20.6. The van der Waals surface area contributed by atoms with Crippen molar-refractivity contribution >= 4 is 13.3 Å². The molecule has 0 bridgehead atoms. The lowest BCUT2D eigenvalue weighted by molar-refractivity contribution is -0.198. The molecule has 2 atom stereocenters. The van der Waals surface area contributed by atoms with E-state index in [0.717, 1.165) is 12.8 Å². The van der Waals surface area contributed by atoms with Crippen molar-refractivity contribution in [3.8, 4) is 0 Å². The molecule has 33 heavy (non-hydrogen) atoms. The van der Waals surface area contributed by atoms with Crippen LogP contribution in [0.1, 0.15) is 117 Å². The van der Waals surface area contributed by atoms with Crippen LogP contribution in [-0.2, 0) is 23.3 Å². The highest BCUT2D eigenvalue weighted by Crippen LogP contribution is 2.39. The SMILES string of the molecule is CCCCCCCCCCCCCCCCCCOC[C@@H](COP(=O)([O-])C(=O)OCC)OC. The van der Waals surface area contributed by atoms with Crippen LogP contribution in [0.4, 0.5) is 4.79 Å². The van der Waals surface area contributed by atoms with E-state index in [9.17, 15) is 14.3 Å². The summed E-state index contributed by atoms with van der Waals surface area (Å²) in [5.41, 5.74) is -1.35. The summed E-state index contributed by atoms with van der Waals surface area (Å²) in [6.07, 6.45) is 20.6. The highest BCUT2D eigenvalue weighted by atomic mass is 31.2. The molecule has 198 valence electrons. The Bertz CT molecular complexity index is 487. The molecule has 0 heterocycles. The molecule has 0 rings (SSSR count). The van der Waals surface area contributed by atoms with E-state index >= 15 is 0 Å². The second-order valence-corrected chi connectivity index (χ2v) is 10.3. The fourth-order valence-corrected chi connectivity index (χ4v) is 4.34. The van der Waals surface area contributed by atoms with Gasteiger partial charge in [-0.15, -0.1) is 0 Å². The van der Waals surface area contributed by atoms with Gasteiger partial charge in [-0.1, -0.05) is 103 Å². The van der Waals surface area contributed by atoms with Crippen LogP contribution in [0.2, 0.25) is 0 Å². The summed E-state index contributed by atoms with van der Waals surface area (Å²) in [7, 11) is -3.24. The van der Waals surface area contributed by atoms with E-state index in [1.54, 1.807) is 0 Å². The van der Waals surface area contributed by atoms with E-state index in [2.05, 4.69) is 11.7 Å². The van der Waals surface area contributed by atoms with Gasteiger partial charge < -0.3 is 23.6 Å². The van der Waals surface area contributed by atoms with Crippen molar-refractivity contribution in [2.24, 2.45) is 0 Å². The number of carbonyl (C=O) groups excluding carboxylic acids is 1. The highest BCUT2D eigenvalue weighted by Gasteiger charge is 2.23. The number of rotatable bonds is 25. The summed E-state index contributed by atoms with van der Waals surface area (Å²) < 4.78 is 31.5. The quantitative estimate of drug-likeness (QED) is 0.0997. The van der Waals surface area contributed by atoms with Crippen LogP contribution in [0.3, 0.4) is 0 Å². The Morgan fingerprint density at radius 1 is 0.758 bits per heavy atom. The van der Waals surface area contributed by atoms with Crippen molar-refractivity contribution < 1.29 is 33.0 Å². The van der Waals surface area contributed by atoms with E-state index in [1.165, 1.54) is 104 Å². The van der Waals surface area contributed by atoms with Crippen molar-refractivity contribution in [3.63, 3.8) is 0 Å². The zero-order valence-corrected chi connectivity index (χ0v) is 22.4. The Hall–Kier alpha value is -0.460. The van der Waals surface area contributed by atoms with Gasteiger partial charge in [-0.25, -0.2) is 4.79 Å². The largest absolute Gasteiger partial charge is 0.770 e. The molecule has 0 amide bonds. The third-order valence-corrected chi connectivity index (χ3v) is 6.77. The first-order valence-electron chi connectivity index (χ1n) is 13.2. The minimum absolute atomic E-state index is 0.0233. The zero-order valence-electron chi connectivity index (χ0n) is 21.5. The van der Waals surface area contributed by atoms with Crippen LogP contribution in [-0.4, -0.2) is 45.4 Å². The smallest absolute Gasteiger partial charge is 0.377 e. The van der Waals surface area contributed by atoms with Crippen LogP contribution in [0.5, 0.6) is 0 Å². The van der Waals surface area contributed by atoms with Crippen LogP contribution in [0.25, 0.3) is 0 Å². The number of hydrogen-bond acceptors (Lipinski definition) is 7. The predicted molar refractivity (Wildman–Crippen MR) is 132 cm³/mol. The molecule has 0 aliphatic heterocycles. The normalized spacial score (nSPS) is 14.2. The van der Waals surface area contributed by atoms with Crippen molar-refractivity contribution in [1.29, 1.82) is 0 Å². The minimum Gasteiger partial charge on any atom is -0.770 e. The van der Waals surface area contributed by atoms with Crippen molar-refractivity contribution in [3.05, 3.63) is 0 Å². The lowest BCUT2D eigenvalue weighted by atomic mass is 10.0. The van der Waals surface area contributed by atoms with Gasteiger partial charge in [0.15, 0.2) is 0 Å². The molecule has 8 heteroatoms. The van der Waals surface area contributed by atoms with E-state index in [1.807, 2.05) is 0 Å². The Morgan fingerprint density at radius 3 is 1.64 bits per heavy atom. The predicted octanol–water partition coefficient (Wildman–Crippen LogP) is 7.01. The highest BCUT2D eigenvalue weighted by molar-refractivity contribution is 7.69. The number of carbonyl (C=O) groups is 1. The molecule has 0 aliphatic rings. The fraction of sp³-hybridized carbons (Fsp3) is 0.960. The molecule has 0 aromatic heterocycles. The molecular weight excluding hydrogens is 443 g/mol. The van der Waals surface area contributed by atoms with Crippen molar-refractivity contribution in [2.45, 2.75) is 123 Å². The lowest BCUT2D eigenvalue weighted by Gasteiger charge is -2.23. The van der Waals surface area contributed by atoms with Gasteiger partial charge in [0.2, 0.25) is 7.60 Å². The third-order valence-electron chi connectivity index (χ3n) is 5.70. The van der Waals surface area contributed by atoms with Gasteiger partial charge >= 0.3 is 5.71 Å². The monoisotopic (exact) mass is 493 g/mol. The molecule has 0 spiro atoms. The molecule has 0 fully saturated rings. The van der Waals surface area contributed by atoms with E-state index < -0.39 is 19.4 Å². The molecule has 0 N–H and O–H groups in total. The molecule has 1 unspecified atom stereocenters. The average molecular weight is 494 g/mol. The van der Waals surface area contributed by atoms with Crippen molar-refractivity contribution in [1.82, 2.24) is 0 Å². The Balaban J connectivity index is 3.45. The maximum Gasteiger partial charge on any atom is 0.377 e. The molecule has 0 aliphatic carbocycles. The zero-order chi connectivity index (χ0) is 24.6. The number of methoxy groups -OCH3 is 1. The van der Waals surface area contributed by atoms with Gasteiger partial charge in [0.25, 0.3) is 0 Å². The van der Waals surface area contributed by atoms with E-state index in [0.29, 0.717) is 6.61 Å². The second-order valence-electron chi connectivity index (χ2n) is 8.73. The molecule has 7 nitrogen and oxygen atoms in total. The molecule has 0 aromatic carbocycles. The summed E-state index contributed by atoms with van der Waals surface area (Å²) in [6, 6.07) is 0. The topological polar surface area (TPSA) is 94.1 Å². The number of hydrogen-bond donors (Lipinski definition) is 0. The van der Waals surface area contributed by atoms with Gasteiger partial charge in [0, 0.05) is 13.7 Å². The lowest BCUT2D eigenvalue weighted by Crippen LogP contribution is -2.27. The first-order valence-corrected chi connectivity index (χ1v) is 14.8. The summed E-state index contributed by atoms with van der Waals surface area (Å²) in [5, 5.41) is 0. The molecule has 0 aromatic rings. The van der Waals surface area contributed by atoms with Crippen LogP contribution < -0.4 is 4.89 Å². The van der Waals surface area contributed by atoms with E-state index in [4.69, 9.17) is 14.0 Å². The Labute approximate surface area is 202 Å². The second kappa shape index (κ2) is 23.3.